The highest BCUT2D eigenvalue weighted by molar-refractivity contribution is 5.96. The lowest BCUT2D eigenvalue weighted by molar-refractivity contribution is -0.122. The van der Waals surface area contributed by atoms with Gasteiger partial charge in [0.15, 0.2) is 6.10 Å². The summed E-state index contributed by atoms with van der Waals surface area (Å²) in [5.74, 6) is 0.243. The Hall–Kier alpha value is -2.53. The van der Waals surface area contributed by atoms with E-state index in [-0.39, 0.29) is 12.5 Å². The summed E-state index contributed by atoms with van der Waals surface area (Å²) in [6, 6.07) is 14.0. The summed E-state index contributed by atoms with van der Waals surface area (Å²) in [4.78, 5) is 12.1. The van der Waals surface area contributed by atoms with Crippen molar-refractivity contribution in [3.05, 3.63) is 54.1 Å². The van der Waals surface area contributed by atoms with E-state index in [1.165, 1.54) is 0 Å². The largest absolute Gasteiger partial charge is 0.481 e. The summed E-state index contributed by atoms with van der Waals surface area (Å²) in [6.07, 6.45) is -0.682. The molecule has 5 nitrogen and oxygen atoms in total. The van der Waals surface area contributed by atoms with E-state index in [9.17, 15) is 4.79 Å². The quantitative estimate of drug-likeness (QED) is 0.735. The van der Waals surface area contributed by atoms with Gasteiger partial charge in [-0.1, -0.05) is 24.3 Å². The number of rotatable bonds is 5. The number of ether oxygens (including phenoxy) is 1. The molecule has 0 aromatic heterocycles. The number of para-hydroxylation sites is 2. The zero-order valence-corrected chi connectivity index (χ0v) is 11.7. The minimum absolute atomic E-state index is 0.0711. The first kappa shape index (κ1) is 14.9. The smallest absolute Gasteiger partial charge is 0.265 e. The van der Waals surface area contributed by atoms with Crippen LogP contribution in [0.1, 0.15) is 12.5 Å². The van der Waals surface area contributed by atoms with Gasteiger partial charge in [-0.15, -0.1) is 0 Å². The Kier molecular flexibility index (Phi) is 4.79. The molecular formula is C16H18N2O3. The van der Waals surface area contributed by atoms with Gasteiger partial charge in [-0.3, -0.25) is 4.79 Å². The molecule has 0 spiro atoms. The summed E-state index contributed by atoms with van der Waals surface area (Å²) in [6.45, 7) is 1.58. The van der Waals surface area contributed by atoms with Gasteiger partial charge in [-0.2, -0.15) is 0 Å². The van der Waals surface area contributed by atoms with Gasteiger partial charge in [0.25, 0.3) is 5.91 Å². The van der Waals surface area contributed by atoms with Crippen LogP contribution in [0, 0.1) is 0 Å². The van der Waals surface area contributed by atoms with Crippen molar-refractivity contribution in [2.75, 3.05) is 11.1 Å². The van der Waals surface area contributed by atoms with Crippen molar-refractivity contribution in [1.29, 1.82) is 0 Å². The molecule has 4 N–H and O–H groups in total. The van der Waals surface area contributed by atoms with Crippen molar-refractivity contribution in [2.24, 2.45) is 0 Å². The number of benzene rings is 2. The molecule has 0 aliphatic rings. The van der Waals surface area contributed by atoms with Crippen molar-refractivity contribution in [2.45, 2.75) is 19.6 Å². The lowest BCUT2D eigenvalue weighted by Gasteiger charge is -2.16. The molecule has 5 heteroatoms. The Morgan fingerprint density at radius 1 is 1.29 bits per heavy atom. The fraction of sp³-hybridized carbons (Fsp3) is 0.188. The summed E-state index contributed by atoms with van der Waals surface area (Å²) < 4.78 is 5.57. The third kappa shape index (κ3) is 3.97. The minimum Gasteiger partial charge on any atom is -0.481 e. The Bertz CT molecular complexity index is 628. The number of hydrogen-bond acceptors (Lipinski definition) is 4. The van der Waals surface area contributed by atoms with Crippen molar-refractivity contribution < 1.29 is 14.6 Å². The molecule has 0 aliphatic carbocycles. The number of nitrogens with two attached hydrogens (primary N) is 1. The molecule has 1 amide bonds. The summed E-state index contributed by atoms with van der Waals surface area (Å²) >= 11 is 0. The van der Waals surface area contributed by atoms with Crippen molar-refractivity contribution >= 4 is 17.3 Å². The first-order valence-corrected chi connectivity index (χ1v) is 6.62. The van der Waals surface area contributed by atoms with Crippen LogP contribution < -0.4 is 15.8 Å². The molecule has 1 unspecified atom stereocenters. The average molecular weight is 286 g/mol. The van der Waals surface area contributed by atoms with E-state index in [1.54, 1.807) is 55.5 Å². The predicted octanol–water partition coefficient (Wildman–Crippen LogP) is 2.17. The average Bonchev–Trinajstić information content (AvgIpc) is 2.49. The first-order valence-electron chi connectivity index (χ1n) is 6.62. The van der Waals surface area contributed by atoms with E-state index in [0.717, 1.165) is 5.56 Å². The second kappa shape index (κ2) is 6.76. The molecule has 2 aromatic carbocycles. The molecule has 2 rings (SSSR count). The molecule has 0 saturated heterocycles. The van der Waals surface area contributed by atoms with Crippen LogP contribution in [0.15, 0.2) is 48.5 Å². The van der Waals surface area contributed by atoms with Crippen LogP contribution in [-0.2, 0) is 11.4 Å². The fourth-order valence-corrected chi connectivity index (χ4v) is 1.82. The van der Waals surface area contributed by atoms with Gasteiger partial charge in [0.05, 0.1) is 18.0 Å². The number of nitrogen functional groups attached to an aromatic ring is 1. The van der Waals surface area contributed by atoms with Crippen LogP contribution in [0.25, 0.3) is 0 Å². The van der Waals surface area contributed by atoms with Crippen LogP contribution in [0.4, 0.5) is 11.4 Å². The van der Waals surface area contributed by atoms with E-state index < -0.39 is 6.10 Å². The SMILES string of the molecule is CC(Oc1cccc(CO)c1)C(=O)Nc1ccccc1N. The number of carbonyl (C=O) groups is 1. The molecule has 0 radical (unpaired) electrons. The number of aliphatic hydroxyl groups is 1. The molecule has 0 saturated carbocycles. The van der Waals surface area contributed by atoms with Crippen molar-refractivity contribution in [3.8, 4) is 5.75 Å². The van der Waals surface area contributed by atoms with Gasteiger partial charge in [-0.05, 0) is 36.8 Å². The van der Waals surface area contributed by atoms with Crippen LogP contribution in [-0.4, -0.2) is 17.1 Å². The summed E-state index contributed by atoms with van der Waals surface area (Å²) in [5.41, 5.74) is 7.56. The Morgan fingerprint density at radius 2 is 2.05 bits per heavy atom. The third-order valence-electron chi connectivity index (χ3n) is 2.98. The maximum atomic E-state index is 12.1. The number of amides is 1. The van der Waals surface area contributed by atoms with E-state index >= 15 is 0 Å². The molecule has 2 aromatic rings. The van der Waals surface area contributed by atoms with E-state index in [2.05, 4.69) is 5.32 Å². The maximum absolute atomic E-state index is 12.1. The van der Waals surface area contributed by atoms with E-state index in [1.807, 2.05) is 0 Å². The fourth-order valence-electron chi connectivity index (χ4n) is 1.82. The van der Waals surface area contributed by atoms with E-state index in [4.69, 9.17) is 15.6 Å². The van der Waals surface area contributed by atoms with Crippen LogP contribution in [0.2, 0.25) is 0 Å². The number of hydrogen-bond donors (Lipinski definition) is 3. The topological polar surface area (TPSA) is 84.6 Å². The highest BCUT2D eigenvalue weighted by Crippen LogP contribution is 2.19. The molecule has 0 bridgehead atoms. The van der Waals surface area contributed by atoms with Gasteiger partial charge in [-0.25, -0.2) is 0 Å². The monoisotopic (exact) mass is 286 g/mol. The van der Waals surface area contributed by atoms with Gasteiger partial charge in [0, 0.05) is 0 Å². The summed E-state index contributed by atoms with van der Waals surface area (Å²) in [5, 5.41) is 11.8. The zero-order valence-electron chi connectivity index (χ0n) is 11.7. The molecule has 1 atom stereocenters. The van der Waals surface area contributed by atoms with E-state index in [0.29, 0.717) is 17.1 Å². The third-order valence-corrected chi connectivity index (χ3v) is 2.98. The lowest BCUT2D eigenvalue weighted by Crippen LogP contribution is -2.30. The Labute approximate surface area is 123 Å². The minimum atomic E-state index is -0.682. The molecule has 110 valence electrons. The maximum Gasteiger partial charge on any atom is 0.265 e. The normalized spacial score (nSPS) is 11.7. The van der Waals surface area contributed by atoms with Crippen LogP contribution in [0.3, 0.4) is 0 Å². The van der Waals surface area contributed by atoms with Crippen molar-refractivity contribution in [3.63, 3.8) is 0 Å². The molecule has 0 heterocycles. The number of carbonyl (C=O) groups excluding carboxylic acids is 1. The second-order valence-electron chi connectivity index (χ2n) is 4.64. The van der Waals surface area contributed by atoms with Crippen molar-refractivity contribution in [1.82, 2.24) is 0 Å². The molecule has 21 heavy (non-hydrogen) atoms. The standard InChI is InChI=1S/C16H18N2O3/c1-11(21-13-6-4-5-12(9-13)10-19)16(20)18-15-8-3-2-7-14(15)17/h2-9,11,19H,10,17H2,1H3,(H,18,20). The lowest BCUT2D eigenvalue weighted by atomic mass is 10.2. The second-order valence-corrected chi connectivity index (χ2v) is 4.64. The Morgan fingerprint density at radius 3 is 2.76 bits per heavy atom. The molecular weight excluding hydrogens is 268 g/mol. The number of nitrogens with one attached hydrogen (secondary N) is 1. The molecule has 0 aliphatic heterocycles. The summed E-state index contributed by atoms with van der Waals surface area (Å²) in [7, 11) is 0. The van der Waals surface area contributed by atoms with Gasteiger partial charge >= 0.3 is 0 Å². The highest BCUT2D eigenvalue weighted by Gasteiger charge is 2.15. The Balaban J connectivity index is 2.01. The van der Waals surface area contributed by atoms with Gasteiger partial charge in [0.1, 0.15) is 5.75 Å². The molecule has 0 fully saturated rings. The number of anilines is 2. The first-order chi connectivity index (χ1) is 10.1. The van der Waals surface area contributed by atoms with Crippen LogP contribution >= 0.6 is 0 Å². The van der Waals surface area contributed by atoms with Gasteiger partial charge in [0.2, 0.25) is 0 Å². The number of aliphatic hydroxyl groups excluding tert-OH is 1. The van der Waals surface area contributed by atoms with Crippen LogP contribution in [0.5, 0.6) is 5.75 Å². The zero-order chi connectivity index (χ0) is 15.2. The van der Waals surface area contributed by atoms with Gasteiger partial charge < -0.3 is 20.9 Å². The highest BCUT2D eigenvalue weighted by atomic mass is 16.5. The predicted molar refractivity (Wildman–Crippen MR) is 81.9 cm³/mol.